The lowest BCUT2D eigenvalue weighted by Crippen LogP contribution is -2.42. The zero-order chi connectivity index (χ0) is 17.2. The molecule has 0 spiro atoms. The molecule has 2 heterocycles. The number of likely N-dealkylation sites (tertiary alicyclic amines) is 1. The smallest absolute Gasteiger partial charge is 0.410 e. The zero-order valence-electron chi connectivity index (χ0n) is 14.4. The second kappa shape index (κ2) is 6.71. The second-order valence-electron chi connectivity index (χ2n) is 7.21. The highest BCUT2D eigenvalue weighted by Gasteiger charge is 2.27. The van der Waals surface area contributed by atoms with Crippen LogP contribution in [0.1, 0.15) is 33.6 Å². The average Bonchev–Trinajstić information content (AvgIpc) is 2.95. The van der Waals surface area contributed by atoms with Gasteiger partial charge in [-0.05, 0) is 56.8 Å². The van der Waals surface area contributed by atoms with Crippen molar-refractivity contribution in [3.05, 3.63) is 24.3 Å². The van der Waals surface area contributed by atoms with E-state index in [1.165, 1.54) is 0 Å². The van der Waals surface area contributed by atoms with E-state index in [4.69, 9.17) is 14.0 Å². The Balaban J connectivity index is 1.48. The molecule has 0 radical (unpaired) electrons. The summed E-state index contributed by atoms with van der Waals surface area (Å²) in [7, 11) is 0. The monoisotopic (exact) mass is 332 g/mol. The lowest BCUT2D eigenvalue weighted by molar-refractivity contribution is 0.0164. The van der Waals surface area contributed by atoms with Crippen LogP contribution >= 0.6 is 0 Å². The molecular weight excluding hydrogens is 308 g/mol. The maximum absolute atomic E-state index is 12.1. The van der Waals surface area contributed by atoms with Crippen LogP contribution in [0.4, 0.5) is 4.79 Å². The number of nitrogens with zero attached hydrogens (tertiary/aromatic N) is 2. The molecule has 6 nitrogen and oxygen atoms in total. The Morgan fingerprint density at radius 2 is 2.00 bits per heavy atom. The topological polar surface area (TPSA) is 64.8 Å². The number of hydrogen-bond acceptors (Lipinski definition) is 5. The summed E-state index contributed by atoms with van der Waals surface area (Å²) in [6.07, 6.45) is 1.56. The number of ether oxygens (including phenoxy) is 2. The standard InChI is InChI=1S/C18H24N2O4/c1-18(2,3)23-17(21)20-10-8-13(9-11-20)12-22-16-14-6-4-5-7-15(14)24-19-16/h4-7,13H,8-12H2,1-3H3. The molecule has 1 fully saturated rings. The van der Waals surface area contributed by atoms with Crippen LogP contribution in [-0.2, 0) is 4.74 Å². The number of hydrogen-bond donors (Lipinski definition) is 0. The van der Waals surface area contributed by atoms with Gasteiger partial charge in [0.2, 0.25) is 0 Å². The molecule has 3 rings (SSSR count). The molecule has 0 N–H and O–H groups in total. The first-order valence-corrected chi connectivity index (χ1v) is 8.37. The Morgan fingerprint density at radius 1 is 1.29 bits per heavy atom. The van der Waals surface area contributed by atoms with Crippen molar-refractivity contribution in [2.24, 2.45) is 5.92 Å². The summed E-state index contributed by atoms with van der Waals surface area (Å²) < 4.78 is 16.5. The van der Waals surface area contributed by atoms with Gasteiger partial charge in [0.15, 0.2) is 5.58 Å². The van der Waals surface area contributed by atoms with Gasteiger partial charge in [-0.15, -0.1) is 0 Å². The molecule has 1 amide bonds. The average molecular weight is 332 g/mol. The maximum atomic E-state index is 12.1. The van der Waals surface area contributed by atoms with Gasteiger partial charge < -0.3 is 18.9 Å². The number of fused-ring (bicyclic) bond motifs is 1. The highest BCUT2D eigenvalue weighted by Crippen LogP contribution is 2.26. The highest BCUT2D eigenvalue weighted by atomic mass is 16.6. The van der Waals surface area contributed by atoms with Crippen LogP contribution in [0.25, 0.3) is 11.0 Å². The number of amides is 1. The first-order valence-electron chi connectivity index (χ1n) is 8.37. The molecule has 0 aliphatic carbocycles. The van der Waals surface area contributed by atoms with Crippen molar-refractivity contribution in [3.63, 3.8) is 0 Å². The Kier molecular flexibility index (Phi) is 4.64. The van der Waals surface area contributed by atoms with Crippen LogP contribution in [-0.4, -0.2) is 41.4 Å². The molecule has 24 heavy (non-hydrogen) atoms. The van der Waals surface area contributed by atoms with Gasteiger partial charge in [0, 0.05) is 13.1 Å². The van der Waals surface area contributed by atoms with E-state index in [1.54, 1.807) is 4.90 Å². The lowest BCUT2D eigenvalue weighted by Gasteiger charge is -2.33. The van der Waals surface area contributed by atoms with Gasteiger partial charge in [-0.3, -0.25) is 0 Å². The Hall–Kier alpha value is -2.24. The van der Waals surface area contributed by atoms with Gasteiger partial charge in [-0.1, -0.05) is 12.1 Å². The third-order valence-electron chi connectivity index (χ3n) is 4.07. The van der Waals surface area contributed by atoms with Crippen molar-refractivity contribution >= 4 is 17.1 Å². The molecule has 1 aromatic heterocycles. The molecule has 2 aromatic rings. The minimum atomic E-state index is -0.453. The Bertz CT molecular complexity index is 696. The van der Waals surface area contributed by atoms with Gasteiger partial charge >= 0.3 is 6.09 Å². The minimum absolute atomic E-state index is 0.232. The van der Waals surface area contributed by atoms with E-state index in [0.717, 1.165) is 23.8 Å². The number of piperidine rings is 1. The van der Waals surface area contributed by atoms with Crippen molar-refractivity contribution in [1.29, 1.82) is 0 Å². The van der Waals surface area contributed by atoms with Crippen molar-refractivity contribution in [2.75, 3.05) is 19.7 Å². The minimum Gasteiger partial charge on any atom is -0.475 e. The van der Waals surface area contributed by atoms with E-state index in [9.17, 15) is 4.79 Å². The fraction of sp³-hybridized carbons (Fsp3) is 0.556. The summed E-state index contributed by atoms with van der Waals surface area (Å²) in [4.78, 5) is 13.8. The molecule has 0 atom stereocenters. The van der Waals surface area contributed by atoms with Crippen LogP contribution in [0.15, 0.2) is 28.8 Å². The third kappa shape index (κ3) is 3.99. The van der Waals surface area contributed by atoms with Gasteiger partial charge in [0.1, 0.15) is 5.60 Å². The van der Waals surface area contributed by atoms with Crippen molar-refractivity contribution in [1.82, 2.24) is 10.1 Å². The van der Waals surface area contributed by atoms with Gasteiger partial charge in [-0.25, -0.2) is 4.79 Å². The van der Waals surface area contributed by atoms with Crippen LogP contribution in [0.2, 0.25) is 0 Å². The van der Waals surface area contributed by atoms with Crippen molar-refractivity contribution in [3.8, 4) is 5.88 Å². The van der Waals surface area contributed by atoms with Crippen LogP contribution in [0.3, 0.4) is 0 Å². The first-order chi connectivity index (χ1) is 11.4. The van der Waals surface area contributed by atoms with Gasteiger partial charge in [0.25, 0.3) is 5.88 Å². The summed E-state index contributed by atoms with van der Waals surface area (Å²) in [5.74, 6) is 0.944. The molecular formula is C18H24N2O4. The number of para-hydroxylation sites is 1. The summed E-state index contributed by atoms with van der Waals surface area (Å²) in [6.45, 7) is 7.62. The lowest BCUT2D eigenvalue weighted by atomic mass is 9.98. The molecule has 1 saturated heterocycles. The quantitative estimate of drug-likeness (QED) is 0.854. The maximum Gasteiger partial charge on any atom is 0.410 e. The van der Waals surface area contributed by atoms with E-state index >= 15 is 0 Å². The van der Waals surface area contributed by atoms with E-state index in [1.807, 2.05) is 45.0 Å². The Labute approximate surface area is 141 Å². The second-order valence-corrected chi connectivity index (χ2v) is 7.21. The zero-order valence-corrected chi connectivity index (χ0v) is 14.4. The number of carbonyl (C=O) groups is 1. The SMILES string of the molecule is CC(C)(C)OC(=O)N1CCC(COc2noc3ccccc23)CC1. The molecule has 0 saturated carbocycles. The summed E-state index contributed by atoms with van der Waals surface area (Å²) >= 11 is 0. The molecule has 6 heteroatoms. The summed E-state index contributed by atoms with van der Waals surface area (Å²) in [6, 6.07) is 7.65. The van der Waals surface area contributed by atoms with Gasteiger partial charge in [0.05, 0.1) is 12.0 Å². The largest absolute Gasteiger partial charge is 0.475 e. The summed E-state index contributed by atoms with van der Waals surface area (Å²) in [5, 5.41) is 4.87. The predicted molar refractivity (Wildman–Crippen MR) is 90.0 cm³/mol. The predicted octanol–water partition coefficient (Wildman–Crippen LogP) is 3.85. The number of rotatable bonds is 3. The number of benzene rings is 1. The van der Waals surface area contributed by atoms with E-state index in [-0.39, 0.29) is 6.09 Å². The third-order valence-corrected chi connectivity index (χ3v) is 4.07. The fourth-order valence-corrected chi connectivity index (χ4v) is 2.77. The van der Waals surface area contributed by atoms with Crippen LogP contribution in [0, 0.1) is 5.92 Å². The van der Waals surface area contributed by atoms with E-state index in [0.29, 0.717) is 31.5 Å². The summed E-state index contributed by atoms with van der Waals surface area (Å²) in [5.41, 5.74) is 0.276. The fourth-order valence-electron chi connectivity index (χ4n) is 2.77. The van der Waals surface area contributed by atoms with Gasteiger partial charge in [-0.2, -0.15) is 0 Å². The first kappa shape index (κ1) is 16.6. The molecule has 0 unspecified atom stereocenters. The Morgan fingerprint density at radius 3 is 2.71 bits per heavy atom. The molecule has 130 valence electrons. The van der Waals surface area contributed by atoms with E-state index < -0.39 is 5.60 Å². The van der Waals surface area contributed by atoms with Crippen LogP contribution in [0.5, 0.6) is 5.88 Å². The van der Waals surface area contributed by atoms with E-state index in [2.05, 4.69) is 5.16 Å². The molecule has 1 aliphatic rings. The van der Waals surface area contributed by atoms with Crippen molar-refractivity contribution < 1.29 is 18.8 Å². The number of aromatic nitrogens is 1. The van der Waals surface area contributed by atoms with Crippen LogP contribution < -0.4 is 4.74 Å². The van der Waals surface area contributed by atoms with Crippen molar-refractivity contribution in [2.45, 2.75) is 39.2 Å². The highest BCUT2D eigenvalue weighted by molar-refractivity contribution is 5.81. The normalized spacial score (nSPS) is 16.4. The molecule has 1 aliphatic heterocycles. The number of carbonyl (C=O) groups excluding carboxylic acids is 1. The molecule has 1 aromatic carbocycles. The molecule has 0 bridgehead atoms.